The standard InChI is InChI=1S/C21H18O5/c22-18-11-17(16-9-5-2-6-10-16)12-19(21(18)26-14-20(23)24)25-13-15-7-3-1-4-8-15/h1-12,22H,13-14H2,(H,23,24). The number of ether oxygens (including phenoxy) is 2. The largest absolute Gasteiger partial charge is 0.504 e. The predicted molar refractivity (Wildman–Crippen MR) is 97.4 cm³/mol. The summed E-state index contributed by atoms with van der Waals surface area (Å²) in [5, 5.41) is 19.2. The zero-order chi connectivity index (χ0) is 18.4. The Hall–Kier alpha value is -3.47. The van der Waals surface area contributed by atoms with Crippen molar-refractivity contribution in [3.8, 4) is 28.4 Å². The summed E-state index contributed by atoms with van der Waals surface area (Å²) in [6.07, 6.45) is 0. The van der Waals surface area contributed by atoms with Crippen LogP contribution < -0.4 is 9.47 Å². The molecule has 5 nitrogen and oxygen atoms in total. The maximum Gasteiger partial charge on any atom is 0.341 e. The van der Waals surface area contributed by atoms with Gasteiger partial charge in [-0.2, -0.15) is 0 Å². The van der Waals surface area contributed by atoms with E-state index >= 15 is 0 Å². The molecule has 0 saturated carbocycles. The highest BCUT2D eigenvalue weighted by molar-refractivity contribution is 5.72. The zero-order valence-electron chi connectivity index (χ0n) is 14.0. The Morgan fingerprint density at radius 3 is 2.15 bits per heavy atom. The first-order valence-electron chi connectivity index (χ1n) is 8.07. The Balaban J connectivity index is 1.93. The van der Waals surface area contributed by atoms with Crippen LogP contribution in [0.5, 0.6) is 17.2 Å². The summed E-state index contributed by atoms with van der Waals surface area (Å²) in [5.74, 6) is -1.00. The number of carboxylic acids is 1. The molecule has 3 aromatic rings. The molecule has 0 aromatic heterocycles. The van der Waals surface area contributed by atoms with Gasteiger partial charge in [-0.25, -0.2) is 4.79 Å². The van der Waals surface area contributed by atoms with Gasteiger partial charge in [0.05, 0.1) is 0 Å². The van der Waals surface area contributed by atoms with E-state index in [9.17, 15) is 9.90 Å². The number of hydrogen-bond acceptors (Lipinski definition) is 4. The van der Waals surface area contributed by atoms with Gasteiger partial charge < -0.3 is 19.7 Å². The van der Waals surface area contributed by atoms with Crippen molar-refractivity contribution in [2.45, 2.75) is 6.61 Å². The van der Waals surface area contributed by atoms with Crippen molar-refractivity contribution >= 4 is 5.97 Å². The smallest absolute Gasteiger partial charge is 0.341 e. The first-order valence-corrected chi connectivity index (χ1v) is 8.07. The van der Waals surface area contributed by atoms with Crippen molar-refractivity contribution in [2.24, 2.45) is 0 Å². The molecule has 0 bridgehead atoms. The van der Waals surface area contributed by atoms with E-state index in [4.69, 9.17) is 14.6 Å². The first-order chi connectivity index (χ1) is 12.6. The third kappa shape index (κ3) is 4.33. The van der Waals surface area contributed by atoms with Crippen molar-refractivity contribution in [2.75, 3.05) is 6.61 Å². The maximum absolute atomic E-state index is 10.8. The van der Waals surface area contributed by atoms with Crippen LogP contribution >= 0.6 is 0 Å². The third-order valence-corrected chi connectivity index (χ3v) is 3.72. The van der Waals surface area contributed by atoms with Crippen molar-refractivity contribution in [1.82, 2.24) is 0 Å². The molecule has 0 aliphatic rings. The second kappa shape index (κ2) is 8.07. The van der Waals surface area contributed by atoms with Crippen LogP contribution in [-0.4, -0.2) is 22.8 Å². The van der Waals surface area contributed by atoms with Crippen LogP contribution in [0.3, 0.4) is 0 Å². The topological polar surface area (TPSA) is 76.0 Å². The van der Waals surface area contributed by atoms with Gasteiger partial charge in [0.25, 0.3) is 0 Å². The van der Waals surface area contributed by atoms with Crippen LogP contribution in [-0.2, 0) is 11.4 Å². The molecule has 0 amide bonds. The van der Waals surface area contributed by atoms with Gasteiger partial charge in [0.2, 0.25) is 5.75 Å². The molecule has 0 aliphatic heterocycles. The maximum atomic E-state index is 10.8. The number of carbonyl (C=O) groups is 1. The number of phenolic OH excluding ortho intramolecular Hbond substituents is 1. The van der Waals surface area contributed by atoms with E-state index in [2.05, 4.69) is 0 Å². The van der Waals surface area contributed by atoms with Crippen molar-refractivity contribution in [1.29, 1.82) is 0 Å². The minimum Gasteiger partial charge on any atom is -0.504 e. The Bertz CT molecular complexity index is 876. The highest BCUT2D eigenvalue weighted by Gasteiger charge is 2.16. The minimum absolute atomic E-state index is 0.0167. The average Bonchev–Trinajstić information content (AvgIpc) is 2.66. The summed E-state index contributed by atoms with van der Waals surface area (Å²) in [4.78, 5) is 10.8. The normalized spacial score (nSPS) is 10.3. The van der Waals surface area contributed by atoms with E-state index in [1.54, 1.807) is 6.07 Å². The van der Waals surface area contributed by atoms with Crippen molar-refractivity contribution in [3.63, 3.8) is 0 Å². The number of phenols is 1. The molecule has 3 rings (SSSR count). The summed E-state index contributed by atoms with van der Waals surface area (Å²) in [5.41, 5.74) is 2.59. The molecular formula is C21H18O5. The monoisotopic (exact) mass is 350 g/mol. The number of hydrogen-bond donors (Lipinski definition) is 2. The second-order valence-corrected chi connectivity index (χ2v) is 5.65. The molecule has 0 unspecified atom stereocenters. The molecule has 0 spiro atoms. The predicted octanol–water partition coefficient (Wildman–Crippen LogP) is 4.10. The van der Waals surface area contributed by atoms with Gasteiger partial charge in [-0.05, 0) is 28.8 Å². The Kier molecular flexibility index (Phi) is 5.39. The molecule has 0 aliphatic carbocycles. The van der Waals surface area contributed by atoms with Crippen LogP contribution in [0.4, 0.5) is 0 Å². The molecule has 2 N–H and O–H groups in total. The molecule has 0 fully saturated rings. The summed E-state index contributed by atoms with van der Waals surface area (Å²) in [6, 6.07) is 22.3. The van der Waals surface area contributed by atoms with Gasteiger partial charge in [0, 0.05) is 0 Å². The molecule has 0 atom stereocenters. The lowest BCUT2D eigenvalue weighted by atomic mass is 10.0. The summed E-state index contributed by atoms with van der Waals surface area (Å²) >= 11 is 0. The van der Waals surface area contributed by atoms with E-state index in [-0.39, 0.29) is 23.9 Å². The molecule has 5 heteroatoms. The zero-order valence-corrected chi connectivity index (χ0v) is 14.0. The van der Waals surface area contributed by atoms with Gasteiger partial charge in [-0.15, -0.1) is 0 Å². The van der Waals surface area contributed by atoms with E-state index < -0.39 is 12.6 Å². The average molecular weight is 350 g/mol. The van der Waals surface area contributed by atoms with Crippen molar-refractivity contribution < 1.29 is 24.5 Å². The molecule has 26 heavy (non-hydrogen) atoms. The lowest BCUT2D eigenvalue weighted by Crippen LogP contribution is -2.10. The highest BCUT2D eigenvalue weighted by atomic mass is 16.5. The number of benzene rings is 3. The summed E-state index contributed by atoms with van der Waals surface area (Å²) in [6.45, 7) is -0.304. The lowest BCUT2D eigenvalue weighted by Gasteiger charge is -2.15. The quantitative estimate of drug-likeness (QED) is 0.671. The van der Waals surface area contributed by atoms with Crippen LogP contribution in [0.2, 0.25) is 0 Å². The van der Waals surface area contributed by atoms with E-state index in [0.29, 0.717) is 0 Å². The number of rotatable bonds is 7. The SMILES string of the molecule is O=C(O)COc1c(O)cc(-c2ccccc2)cc1OCc1ccccc1. The lowest BCUT2D eigenvalue weighted by molar-refractivity contribution is -0.139. The Morgan fingerprint density at radius 2 is 1.50 bits per heavy atom. The van der Waals surface area contributed by atoms with Crippen LogP contribution in [0.25, 0.3) is 11.1 Å². The fraction of sp³-hybridized carbons (Fsp3) is 0.0952. The second-order valence-electron chi connectivity index (χ2n) is 5.65. The number of carboxylic acid groups (broad SMARTS) is 1. The summed E-state index contributed by atoms with van der Waals surface area (Å²) in [7, 11) is 0. The van der Waals surface area contributed by atoms with Gasteiger partial charge in [0.15, 0.2) is 18.1 Å². The highest BCUT2D eigenvalue weighted by Crippen LogP contribution is 2.41. The Morgan fingerprint density at radius 1 is 0.846 bits per heavy atom. The fourth-order valence-corrected chi connectivity index (χ4v) is 2.51. The summed E-state index contributed by atoms with van der Waals surface area (Å²) < 4.78 is 11.1. The molecular weight excluding hydrogens is 332 g/mol. The van der Waals surface area contributed by atoms with E-state index in [0.717, 1.165) is 16.7 Å². The van der Waals surface area contributed by atoms with Gasteiger partial charge in [0.1, 0.15) is 6.61 Å². The molecule has 0 saturated heterocycles. The number of aromatic hydroxyl groups is 1. The van der Waals surface area contributed by atoms with Crippen LogP contribution in [0.15, 0.2) is 72.8 Å². The first kappa shape index (κ1) is 17.4. The number of aliphatic carboxylic acids is 1. The molecule has 3 aromatic carbocycles. The fourth-order valence-electron chi connectivity index (χ4n) is 2.51. The van der Waals surface area contributed by atoms with Crippen LogP contribution in [0.1, 0.15) is 5.56 Å². The van der Waals surface area contributed by atoms with E-state index in [1.165, 1.54) is 6.07 Å². The molecule has 0 radical (unpaired) electrons. The van der Waals surface area contributed by atoms with Crippen LogP contribution in [0, 0.1) is 0 Å². The van der Waals surface area contributed by atoms with Gasteiger partial charge in [-0.3, -0.25) is 0 Å². The molecule has 132 valence electrons. The molecule has 0 heterocycles. The minimum atomic E-state index is -1.13. The Labute approximate surface area is 151 Å². The van der Waals surface area contributed by atoms with E-state index in [1.807, 2.05) is 60.7 Å². The van der Waals surface area contributed by atoms with Gasteiger partial charge >= 0.3 is 5.97 Å². The van der Waals surface area contributed by atoms with Crippen molar-refractivity contribution in [3.05, 3.63) is 78.4 Å². The third-order valence-electron chi connectivity index (χ3n) is 3.72. The van der Waals surface area contributed by atoms with Gasteiger partial charge in [-0.1, -0.05) is 60.7 Å².